The molecule has 0 saturated carbocycles. The molecule has 12 nitrogen and oxygen atoms in total. The van der Waals surface area contributed by atoms with Crippen molar-refractivity contribution in [2.45, 2.75) is 6.54 Å². The number of rotatable bonds is 6. The van der Waals surface area contributed by atoms with E-state index in [-0.39, 0.29) is 5.76 Å². The van der Waals surface area contributed by atoms with Gasteiger partial charge in [0, 0.05) is 18.7 Å². The molecule has 0 bridgehead atoms. The highest BCUT2D eigenvalue weighted by atomic mass is 16.5. The normalized spacial score (nSPS) is 14.9. The van der Waals surface area contributed by atoms with Crippen molar-refractivity contribution in [2.24, 2.45) is 5.73 Å². The molecule has 154 valence electrons. The quantitative estimate of drug-likeness (QED) is 0.472. The molecule has 0 atom stereocenters. The lowest BCUT2D eigenvalue weighted by Crippen LogP contribution is -2.35. The predicted octanol–water partition coefficient (Wildman–Crippen LogP) is 1.05. The summed E-state index contributed by atoms with van der Waals surface area (Å²) >= 11 is 0. The van der Waals surface area contributed by atoms with Gasteiger partial charge in [0.2, 0.25) is 0 Å². The van der Waals surface area contributed by atoms with Gasteiger partial charge < -0.3 is 19.3 Å². The Labute approximate surface area is 169 Å². The van der Waals surface area contributed by atoms with Crippen LogP contribution in [-0.4, -0.2) is 61.7 Å². The molecule has 5 rings (SSSR count). The van der Waals surface area contributed by atoms with Gasteiger partial charge in [0.15, 0.2) is 17.2 Å². The van der Waals surface area contributed by atoms with Crippen molar-refractivity contribution < 1.29 is 18.4 Å². The number of oxazole rings is 1. The van der Waals surface area contributed by atoms with Crippen LogP contribution in [0.2, 0.25) is 0 Å². The fourth-order valence-corrected chi connectivity index (χ4v) is 3.22. The van der Waals surface area contributed by atoms with Crippen molar-refractivity contribution in [3.05, 3.63) is 42.6 Å². The number of hydrogen-bond donors (Lipinski definition) is 2. The molecule has 1 aliphatic rings. The van der Waals surface area contributed by atoms with Gasteiger partial charge in [-0.3, -0.25) is 15.0 Å². The van der Waals surface area contributed by atoms with E-state index in [0.717, 1.165) is 32.1 Å². The van der Waals surface area contributed by atoms with Crippen molar-refractivity contribution in [3.8, 4) is 11.3 Å². The van der Waals surface area contributed by atoms with E-state index in [0.29, 0.717) is 35.3 Å². The Balaban J connectivity index is 1.38. The van der Waals surface area contributed by atoms with Crippen LogP contribution in [0.3, 0.4) is 0 Å². The molecule has 0 aromatic carbocycles. The second-order valence-electron chi connectivity index (χ2n) is 6.70. The highest BCUT2D eigenvalue weighted by Crippen LogP contribution is 2.26. The first kappa shape index (κ1) is 18.3. The summed E-state index contributed by atoms with van der Waals surface area (Å²) in [5, 5.41) is 7.27. The Bertz CT molecular complexity index is 1190. The zero-order chi connectivity index (χ0) is 20.5. The van der Waals surface area contributed by atoms with Gasteiger partial charge in [-0.15, -0.1) is 0 Å². The number of aromatic nitrogens is 5. The van der Waals surface area contributed by atoms with Crippen LogP contribution in [0.1, 0.15) is 16.3 Å². The molecule has 1 fully saturated rings. The summed E-state index contributed by atoms with van der Waals surface area (Å²) in [5.41, 5.74) is 6.90. The minimum absolute atomic E-state index is 0.0491. The molecule has 5 heterocycles. The van der Waals surface area contributed by atoms with Gasteiger partial charge >= 0.3 is 6.01 Å². The van der Waals surface area contributed by atoms with Gasteiger partial charge in [0.1, 0.15) is 18.4 Å². The number of furan rings is 1. The molecule has 0 unspecified atom stereocenters. The van der Waals surface area contributed by atoms with Crippen LogP contribution in [0, 0.1) is 0 Å². The third-order valence-corrected chi connectivity index (χ3v) is 4.70. The number of carbonyl (C=O) groups is 1. The number of carbonyl (C=O) groups excluding carboxylic acids is 1. The summed E-state index contributed by atoms with van der Waals surface area (Å²) in [6, 6.07) is 1.84. The van der Waals surface area contributed by atoms with Crippen LogP contribution in [0.25, 0.3) is 16.9 Å². The number of nitrogens with one attached hydrogen (secondary N) is 1. The molecule has 3 N–H and O–H groups in total. The van der Waals surface area contributed by atoms with Crippen molar-refractivity contribution in [1.29, 1.82) is 0 Å². The topological polar surface area (TPSA) is 150 Å². The van der Waals surface area contributed by atoms with Gasteiger partial charge in [-0.1, -0.05) is 0 Å². The van der Waals surface area contributed by atoms with Crippen molar-refractivity contribution >= 4 is 23.4 Å². The first-order chi connectivity index (χ1) is 14.7. The number of fused-ring (bicyclic) bond motifs is 1. The highest BCUT2D eigenvalue weighted by Gasteiger charge is 2.17. The summed E-state index contributed by atoms with van der Waals surface area (Å²) in [6.07, 6.45) is 6.08. The van der Waals surface area contributed by atoms with Crippen LogP contribution in [0.4, 0.5) is 11.8 Å². The predicted molar refractivity (Wildman–Crippen MR) is 103 cm³/mol. The third-order valence-electron chi connectivity index (χ3n) is 4.70. The van der Waals surface area contributed by atoms with E-state index >= 15 is 0 Å². The minimum Gasteiger partial charge on any atom is -0.458 e. The second-order valence-corrected chi connectivity index (χ2v) is 6.70. The number of nitrogens with zero attached hydrogens (tertiary/aromatic N) is 6. The third kappa shape index (κ3) is 3.49. The van der Waals surface area contributed by atoms with E-state index in [1.807, 2.05) is 0 Å². The molecule has 30 heavy (non-hydrogen) atoms. The summed E-state index contributed by atoms with van der Waals surface area (Å²) in [7, 11) is 0. The molecular weight excluding hydrogens is 392 g/mol. The lowest BCUT2D eigenvalue weighted by atomic mass is 10.2. The van der Waals surface area contributed by atoms with Crippen LogP contribution < -0.4 is 11.1 Å². The highest BCUT2D eigenvalue weighted by molar-refractivity contribution is 5.91. The minimum atomic E-state index is -0.654. The first-order valence-corrected chi connectivity index (χ1v) is 9.26. The zero-order valence-electron chi connectivity index (χ0n) is 15.8. The van der Waals surface area contributed by atoms with Crippen molar-refractivity contribution in [2.75, 3.05) is 31.6 Å². The van der Waals surface area contributed by atoms with E-state index in [1.165, 1.54) is 18.7 Å². The van der Waals surface area contributed by atoms with Crippen LogP contribution in [-0.2, 0) is 11.3 Å². The lowest BCUT2D eigenvalue weighted by Gasteiger charge is -2.25. The molecule has 4 aromatic rings. The maximum atomic E-state index is 11.3. The number of primary amides is 1. The fourth-order valence-electron chi connectivity index (χ4n) is 3.22. The molecule has 1 saturated heterocycles. The summed E-state index contributed by atoms with van der Waals surface area (Å²) < 4.78 is 17.9. The number of anilines is 2. The molecule has 12 heteroatoms. The molecule has 1 aliphatic heterocycles. The molecule has 1 amide bonds. The Hall–Kier alpha value is -3.77. The monoisotopic (exact) mass is 410 g/mol. The summed E-state index contributed by atoms with van der Waals surface area (Å²) in [4.78, 5) is 26.5. The zero-order valence-corrected chi connectivity index (χ0v) is 15.8. The lowest BCUT2D eigenvalue weighted by molar-refractivity contribution is 0.0314. The SMILES string of the molecule is NC(=O)c1cc(-c2cnc(Nc3ncc(CN4CCOCC4)o3)c3ncnn23)co1. The summed E-state index contributed by atoms with van der Waals surface area (Å²) in [5.74, 6) is 0.563. The fraction of sp³-hybridized carbons (Fsp3) is 0.278. The number of morpholine rings is 1. The van der Waals surface area contributed by atoms with Gasteiger partial charge in [0.05, 0.1) is 37.8 Å². The maximum Gasteiger partial charge on any atom is 0.300 e. The smallest absolute Gasteiger partial charge is 0.300 e. The van der Waals surface area contributed by atoms with E-state index in [2.05, 4.69) is 30.3 Å². The van der Waals surface area contributed by atoms with Crippen LogP contribution >= 0.6 is 0 Å². The first-order valence-electron chi connectivity index (χ1n) is 9.26. The molecular formula is C18H18N8O4. The van der Waals surface area contributed by atoms with Crippen molar-refractivity contribution in [1.82, 2.24) is 29.5 Å². The van der Waals surface area contributed by atoms with E-state index in [9.17, 15) is 4.79 Å². The Morgan fingerprint density at radius 2 is 2.07 bits per heavy atom. The van der Waals surface area contributed by atoms with Gasteiger partial charge in [-0.05, 0) is 6.07 Å². The Kier molecular flexibility index (Phi) is 4.61. The second kappa shape index (κ2) is 7.57. The average molecular weight is 410 g/mol. The summed E-state index contributed by atoms with van der Waals surface area (Å²) in [6.45, 7) is 3.82. The number of hydrogen-bond acceptors (Lipinski definition) is 10. The average Bonchev–Trinajstić information content (AvgIpc) is 3.50. The van der Waals surface area contributed by atoms with Crippen molar-refractivity contribution in [3.63, 3.8) is 0 Å². The molecule has 0 radical (unpaired) electrons. The van der Waals surface area contributed by atoms with Gasteiger partial charge in [0.25, 0.3) is 5.91 Å². The molecule has 4 aromatic heterocycles. The van der Waals surface area contributed by atoms with Gasteiger partial charge in [-0.25, -0.2) is 19.5 Å². The van der Waals surface area contributed by atoms with Crippen LogP contribution in [0.5, 0.6) is 0 Å². The van der Waals surface area contributed by atoms with E-state index in [4.69, 9.17) is 19.3 Å². The van der Waals surface area contributed by atoms with Crippen LogP contribution in [0.15, 0.2) is 39.9 Å². The number of amides is 1. The maximum absolute atomic E-state index is 11.3. The standard InChI is InChI=1S/C18H18N8O4/c19-15(27)14-5-11(9-29-14)13-7-20-16(17-22-10-23-26(13)17)24-18-21-6-12(30-18)8-25-1-3-28-4-2-25/h5-7,9-10H,1-4,8H2,(H2,19,27)(H,20,21,24). The largest absolute Gasteiger partial charge is 0.458 e. The van der Waals surface area contributed by atoms with E-state index in [1.54, 1.807) is 16.9 Å². The molecule has 0 aliphatic carbocycles. The number of ether oxygens (including phenoxy) is 1. The Morgan fingerprint density at radius 3 is 2.87 bits per heavy atom. The number of nitrogens with two attached hydrogens (primary N) is 1. The molecule has 0 spiro atoms. The van der Waals surface area contributed by atoms with Gasteiger partial charge in [-0.2, -0.15) is 5.10 Å². The van der Waals surface area contributed by atoms with E-state index < -0.39 is 5.91 Å². The Morgan fingerprint density at radius 1 is 1.20 bits per heavy atom.